The molecule has 20 heavy (non-hydrogen) atoms. The average molecular weight is 279 g/mol. The fraction of sp³-hybridized carbons (Fsp3) is 0.938. The molecule has 2 atom stereocenters. The first-order chi connectivity index (χ1) is 9.54. The van der Waals surface area contributed by atoms with Gasteiger partial charge in [0.25, 0.3) is 0 Å². The van der Waals surface area contributed by atoms with Gasteiger partial charge in [0.2, 0.25) is 0 Å². The highest BCUT2D eigenvalue weighted by molar-refractivity contribution is 5.13. The fourth-order valence-electron chi connectivity index (χ4n) is 3.70. The average Bonchev–Trinajstić information content (AvgIpc) is 2.84. The van der Waals surface area contributed by atoms with Crippen LogP contribution in [0.2, 0.25) is 0 Å². The number of hydrogen-bond donors (Lipinski definition) is 1. The molecule has 0 aromatic carbocycles. The molecule has 0 aromatic heterocycles. The molecule has 2 rings (SSSR count). The Morgan fingerprint density at radius 3 is 2.65 bits per heavy atom. The lowest BCUT2D eigenvalue weighted by Crippen LogP contribution is -2.47. The molecule has 0 aromatic rings. The van der Waals surface area contributed by atoms with Gasteiger partial charge in [-0.05, 0) is 58.9 Å². The van der Waals surface area contributed by atoms with Gasteiger partial charge >= 0.3 is 0 Å². The summed E-state index contributed by atoms with van der Waals surface area (Å²) in [6.45, 7) is 7.23. The van der Waals surface area contributed by atoms with Crippen LogP contribution in [0.5, 0.6) is 0 Å². The van der Waals surface area contributed by atoms with Crippen LogP contribution in [0.3, 0.4) is 0 Å². The number of nitrogens with zero attached hydrogens (tertiary/aromatic N) is 2. The van der Waals surface area contributed by atoms with Crippen molar-refractivity contribution < 1.29 is 4.74 Å². The van der Waals surface area contributed by atoms with E-state index in [9.17, 15) is 5.26 Å². The van der Waals surface area contributed by atoms with Gasteiger partial charge in [0.15, 0.2) is 0 Å². The first kappa shape index (κ1) is 15.8. The molecule has 1 aliphatic carbocycles. The van der Waals surface area contributed by atoms with Crippen molar-refractivity contribution in [2.45, 2.75) is 63.6 Å². The Labute approximate surface area is 123 Å². The fourth-order valence-corrected chi connectivity index (χ4v) is 3.70. The third kappa shape index (κ3) is 3.94. The lowest BCUT2D eigenvalue weighted by molar-refractivity contribution is 0.0503. The lowest BCUT2D eigenvalue weighted by atomic mass is 9.97. The zero-order chi connectivity index (χ0) is 14.6. The van der Waals surface area contributed by atoms with Gasteiger partial charge in [-0.1, -0.05) is 0 Å². The first-order valence-corrected chi connectivity index (χ1v) is 8.01. The maximum absolute atomic E-state index is 9.54. The molecular weight excluding hydrogens is 250 g/mol. The second-order valence-corrected chi connectivity index (χ2v) is 6.88. The van der Waals surface area contributed by atoms with E-state index in [1.165, 1.54) is 12.8 Å². The van der Waals surface area contributed by atoms with E-state index < -0.39 is 0 Å². The molecule has 0 amide bonds. The predicted molar refractivity (Wildman–Crippen MR) is 80.4 cm³/mol. The van der Waals surface area contributed by atoms with Crippen LogP contribution >= 0.6 is 0 Å². The van der Waals surface area contributed by atoms with Crippen molar-refractivity contribution in [1.82, 2.24) is 10.2 Å². The molecule has 2 fully saturated rings. The van der Waals surface area contributed by atoms with Gasteiger partial charge in [0, 0.05) is 31.8 Å². The summed E-state index contributed by atoms with van der Waals surface area (Å²) in [4.78, 5) is 2.48. The molecule has 2 unspecified atom stereocenters. The third-order valence-corrected chi connectivity index (χ3v) is 4.78. The van der Waals surface area contributed by atoms with E-state index >= 15 is 0 Å². The maximum Gasteiger partial charge on any atom is 0.108 e. The van der Waals surface area contributed by atoms with E-state index in [1.54, 1.807) is 0 Å². The highest BCUT2D eigenvalue weighted by atomic mass is 16.5. The molecule has 0 radical (unpaired) electrons. The van der Waals surface area contributed by atoms with Crippen LogP contribution in [0, 0.1) is 17.2 Å². The molecule has 1 saturated carbocycles. The summed E-state index contributed by atoms with van der Waals surface area (Å²) < 4.78 is 5.43. The molecule has 1 heterocycles. The van der Waals surface area contributed by atoms with E-state index in [1.807, 2.05) is 0 Å². The summed E-state index contributed by atoms with van der Waals surface area (Å²) in [5, 5.41) is 13.0. The van der Waals surface area contributed by atoms with Gasteiger partial charge in [-0.2, -0.15) is 5.26 Å². The standard InChI is InChI=1S/C16H29N3O/c1-13(2)18-16(12-17)7-4-15(10-16)19(3)11-14-5-8-20-9-6-14/h13-15,18H,4-11H2,1-3H3. The normalized spacial score (nSPS) is 31.9. The Balaban J connectivity index is 1.86. The van der Waals surface area contributed by atoms with Crippen LogP contribution in [0.1, 0.15) is 46.0 Å². The summed E-state index contributed by atoms with van der Waals surface area (Å²) in [5.41, 5.74) is -0.303. The first-order valence-electron chi connectivity index (χ1n) is 8.01. The number of rotatable bonds is 5. The van der Waals surface area contributed by atoms with E-state index in [0.29, 0.717) is 12.1 Å². The minimum atomic E-state index is -0.303. The Morgan fingerprint density at radius 2 is 2.05 bits per heavy atom. The van der Waals surface area contributed by atoms with Crippen molar-refractivity contribution >= 4 is 0 Å². The van der Waals surface area contributed by atoms with E-state index in [0.717, 1.165) is 44.9 Å². The van der Waals surface area contributed by atoms with Gasteiger partial charge < -0.3 is 9.64 Å². The highest BCUT2D eigenvalue weighted by Crippen LogP contribution is 2.33. The van der Waals surface area contributed by atoms with Crippen molar-refractivity contribution in [1.29, 1.82) is 5.26 Å². The summed E-state index contributed by atoms with van der Waals surface area (Å²) in [6.07, 6.45) is 5.44. The second kappa shape index (κ2) is 6.89. The Bertz CT molecular complexity index is 346. The minimum absolute atomic E-state index is 0.303. The van der Waals surface area contributed by atoms with Crippen molar-refractivity contribution in [3.63, 3.8) is 0 Å². The van der Waals surface area contributed by atoms with Crippen molar-refractivity contribution in [2.24, 2.45) is 5.92 Å². The Morgan fingerprint density at radius 1 is 1.35 bits per heavy atom. The summed E-state index contributed by atoms with van der Waals surface area (Å²) in [7, 11) is 2.23. The van der Waals surface area contributed by atoms with Crippen LogP contribution in [-0.2, 0) is 4.74 Å². The predicted octanol–water partition coefficient (Wildman–Crippen LogP) is 2.16. The smallest absolute Gasteiger partial charge is 0.108 e. The molecular formula is C16H29N3O. The van der Waals surface area contributed by atoms with Crippen molar-refractivity contribution in [3.8, 4) is 6.07 Å². The Hall–Kier alpha value is -0.630. The molecule has 0 bridgehead atoms. The second-order valence-electron chi connectivity index (χ2n) is 6.88. The van der Waals surface area contributed by atoms with Crippen LogP contribution in [0.4, 0.5) is 0 Å². The van der Waals surface area contributed by atoms with E-state index in [-0.39, 0.29) is 5.54 Å². The largest absolute Gasteiger partial charge is 0.381 e. The highest BCUT2D eigenvalue weighted by Gasteiger charge is 2.41. The molecule has 4 heteroatoms. The van der Waals surface area contributed by atoms with Gasteiger partial charge in [-0.3, -0.25) is 5.32 Å². The molecule has 1 aliphatic heterocycles. The Kier molecular flexibility index (Phi) is 5.42. The SMILES string of the molecule is CC(C)NC1(C#N)CCC(N(C)CC2CCOCC2)C1. The van der Waals surface area contributed by atoms with Crippen LogP contribution in [0.25, 0.3) is 0 Å². The molecule has 1 N–H and O–H groups in total. The minimum Gasteiger partial charge on any atom is -0.381 e. The number of nitrogens with one attached hydrogen (secondary N) is 1. The third-order valence-electron chi connectivity index (χ3n) is 4.78. The zero-order valence-corrected chi connectivity index (χ0v) is 13.2. The zero-order valence-electron chi connectivity index (χ0n) is 13.2. The van der Waals surface area contributed by atoms with Crippen molar-refractivity contribution in [2.75, 3.05) is 26.8 Å². The van der Waals surface area contributed by atoms with Crippen molar-refractivity contribution in [3.05, 3.63) is 0 Å². The number of hydrogen-bond acceptors (Lipinski definition) is 4. The molecule has 0 spiro atoms. The van der Waals surface area contributed by atoms with Gasteiger partial charge in [-0.25, -0.2) is 0 Å². The van der Waals surface area contributed by atoms with Gasteiger partial charge in [-0.15, -0.1) is 0 Å². The van der Waals surface area contributed by atoms with Crippen LogP contribution in [-0.4, -0.2) is 49.3 Å². The molecule has 1 saturated heterocycles. The monoisotopic (exact) mass is 279 g/mol. The number of nitriles is 1. The van der Waals surface area contributed by atoms with E-state index in [2.05, 4.69) is 37.2 Å². The summed E-state index contributed by atoms with van der Waals surface area (Å²) in [5.74, 6) is 0.767. The molecule has 2 aliphatic rings. The quantitative estimate of drug-likeness (QED) is 0.838. The van der Waals surface area contributed by atoms with Gasteiger partial charge in [0.05, 0.1) is 6.07 Å². The number of ether oxygens (including phenoxy) is 1. The van der Waals surface area contributed by atoms with E-state index in [4.69, 9.17) is 4.74 Å². The summed E-state index contributed by atoms with van der Waals surface area (Å²) >= 11 is 0. The summed E-state index contributed by atoms with van der Waals surface area (Å²) in [6, 6.07) is 3.45. The molecule has 114 valence electrons. The molecule has 4 nitrogen and oxygen atoms in total. The maximum atomic E-state index is 9.54. The van der Waals surface area contributed by atoms with Crippen LogP contribution in [0.15, 0.2) is 0 Å². The lowest BCUT2D eigenvalue weighted by Gasteiger charge is -2.32. The topological polar surface area (TPSA) is 48.3 Å². The van der Waals surface area contributed by atoms with Gasteiger partial charge in [0.1, 0.15) is 5.54 Å². The van der Waals surface area contributed by atoms with Crippen LogP contribution < -0.4 is 5.32 Å².